The van der Waals surface area contributed by atoms with Gasteiger partial charge in [-0.05, 0) is 49.1 Å². The van der Waals surface area contributed by atoms with Crippen molar-refractivity contribution in [3.63, 3.8) is 0 Å². The van der Waals surface area contributed by atoms with E-state index in [-0.39, 0.29) is 12.0 Å². The van der Waals surface area contributed by atoms with Crippen LogP contribution in [0.15, 0.2) is 48.5 Å². The van der Waals surface area contributed by atoms with Crippen LogP contribution in [0.25, 0.3) is 0 Å². The molecule has 1 aliphatic heterocycles. The number of benzene rings is 2. The second-order valence-electron chi connectivity index (χ2n) is 7.82. The molecule has 2 aromatic carbocycles. The van der Waals surface area contributed by atoms with Crippen LogP contribution in [-0.4, -0.2) is 24.4 Å². The summed E-state index contributed by atoms with van der Waals surface area (Å²) in [6.45, 7) is 1.37. The van der Waals surface area contributed by atoms with Gasteiger partial charge in [-0.2, -0.15) is 0 Å². The summed E-state index contributed by atoms with van der Waals surface area (Å²) in [5.41, 5.74) is 1.78. The zero-order valence-electron chi connectivity index (χ0n) is 16.0. The van der Waals surface area contributed by atoms with E-state index in [1.807, 2.05) is 24.3 Å². The van der Waals surface area contributed by atoms with Gasteiger partial charge < -0.3 is 19.9 Å². The van der Waals surface area contributed by atoms with Crippen molar-refractivity contribution in [3.05, 3.63) is 59.7 Å². The Kier molecular flexibility index (Phi) is 5.37. The number of nitrogens with one attached hydrogen (secondary N) is 1. The average molecular weight is 367 g/mol. The van der Waals surface area contributed by atoms with Gasteiger partial charge in [0.1, 0.15) is 6.61 Å². The zero-order chi connectivity index (χ0) is 18.7. The van der Waals surface area contributed by atoms with E-state index in [0.29, 0.717) is 6.61 Å². The minimum atomic E-state index is -0.524. The molecule has 1 aliphatic carbocycles. The molecule has 4 nitrogen and oxygen atoms in total. The fraction of sp³-hybridized carbons (Fsp3) is 0.478. The number of hydrogen-bond acceptors (Lipinski definition) is 4. The molecule has 2 aromatic rings. The van der Waals surface area contributed by atoms with Crippen LogP contribution in [0.4, 0.5) is 0 Å². The Morgan fingerprint density at radius 2 is 1.93 bits per heavy atom. The van der Waals surface area contributed by atoms with Crippen molar-refractivity contribution in [2.75, 3.05) is 13.7 Å². The molecule has 3 atom stereocenters. The highest BCUT2D eigenvalue weighted by molar-refractivity contribution is 5.44. The molecular weight excluding hydrogens is 338 g/mol. The first-order valence-corrected chi connectivity index (χ1v) is 10.00. The van der Waals surface area contributed by atoms with Crippen LogP contribution < -0.4 is 14.8 Å². The van der Waals surface area contributed by atoms with Crippen molar-refractivity contribution in [3.8, 4) is 11.5 Å². The summed E-state index contributed by atoms with van der Waals surface area (Å²) in [4.78, 5) is 0. The van der Waals surface area contributed by atoms with E-state index >= 15 is 0 Å². The molecule has 2 fully saturated rings. The predicted molar refractivity (Wildman–Crippen MR) is 106 cm³/mol. The van der Waals surface area contributed by atoms with Crippen molar-refractivity contribution < 1.29 is 14.6 Å². The van der Waals surface area contributed by atoms with Crippen molar-refractivity contribution >= 4 is 0 Å². The van der Waals surface area contributed by atoms with Gasteiger partial charge in [0.05, 0.1) is 12.7 Å². The number of fused-ring (bicyclic) bond motifs is 1. The Balaban J connectivity index is 1.53. The largest absolute Gasteiger partial charge is 0.493 e. The van der Waals surface area contributed by atoms with Gasteiger partial charge in [-0.15, -0.1) is 0 Å². The Morgan fingerprint density at radius 1 is 1.07 bits per heavy atom. The van der Waals surface area contributed by atoms with Crippen molar-refractivity contribution in [1.82, 2.24) is 5.32 Å². The molecule has 27 heavy (non-hydrogen) atoms. The van der Waals surface area contributed by atoms with E-state index in [4.69, 9.17) is 9.47 Å². The van der Waals surface area contributed by atoms with Gasteiger partial charge in [0.15, 0.2) is 11.5 Å². The number of piperidine rings is 1. The normalized spacial score (nSPS) is 27.6. The number of ether oxygens (including phenoxy) is 2. The first kappa shape index (κ1) is 18.3. The lowest BCUT2D eigenvalue weighted by Crippen LogP contribution is -2.53. The second-order valence-corrected chi connectivity index (χ2v) is 7.82. The van der Waals surface area contributed by atoms with Crippen LogP contribution >= 0.6 is 0 Å². The molecule has 0 radical (unpaired) electrons. The van der Waals surface area contributed by atoms with Crippen molar-refractivity contribution in [2.24, 2.45) is 5.92 Å². The Hall–Kier alpha value is -2.04. The minimum Gasteiger partial charge on any atom is -0.493 e. The molecule has 1 heterocycles. The van der Waals surface area contributed by atoms with Crippen LogP contribution in [0.5, 0.6) is 11.5 Å². The monoisotopic (exact) mass is 367 g/mol. The molecule has 4 rings (SSSR count). The zero-order valence-corrected chi connectivity index (χ0v) is 16.0. The number of hydrogen-bond donors (Lipinski definition) is 2. The first-order chi connectivity index (χ1) is 13.2. The molecule has 0 spiro atoms. The van der Waals surface area contributed by atoms with Gasteiger partial charge in [-0.1, -0.05) is 49.2 Å². The highest BCUT2D eigenvalue weighted by Gasteiger charge is 2.45. The minimum absolute atomic E-state index is 0.168. The fourth-order valence-electron chi connectivity index (χ4n) is 4.71. The Morgan fingerprint density at radius 3 is 2.74 bits per heavy atom. The number of aliphatic hydroxyl groups is 1. The maximum Gasteiger partial charge on any atom is 0.161 e. The van der Waals surface area contributed by atoms with Crippen LogP contribution in [0.1, 0.15) is 49.3 Å². The quantitative estimate of drug-likeness (QED) is 0.830. The van der Waals surface area contributed by atoms with Crippen molar-refractivity contribution in [2.45, 2.75) is 50.4 Å². The van der Waals surface area contributed by atoms with Crippen LogP contribution in [0, 0.1) is 5.92 Å². The van der Waals surface area contributed by atoms with Gasteiger partial charge in [0.25, 0.3) is 0 Å². The maximum absolute atomic E-state index is 11.1. The Labute approximate surface area is 161 Å². The lowest BCUT2D eigenvalue weighted by molar-refractivity contribution is -0.0861. The molecule has 1 saturated carbocycles. The van der Waals surface area contributed by atoms with E-state index in [2.05, 4.69) is 29.6 Å². The summed E-state index contributed by atoms with van der Waals surface area (Å²) in [6, 6.07) is 16.5. The van der Waals surface area contributed by atoms with Crippen LogP contribution in [0.2, 0.25) is 0 Å². The third-order valence-electron chi connectivity index (χ3n) is 6.17. The van der Waals surface area contributed by atoms with Gasteiger partial charge in [-0.3, -0.25) is 0 Å². The standard InChI is InChI=1S/C23H29NO3/c1-26-21-15-18(10-11-20(21)27-16-17-7-3-2-4-8-17)22-19-9-5-6-12-23(19,25)13-14-24-22/h2-4,7-8,10-11,15,19,22,24-25H,5-6,9,12-14,16H2,1H3/t19-,22-,23-/m0/s1. The lowest BCUT2D eigenvalue weighted by Gasteiger charge is -2.48. The summed E-state index contributed by atoms with van der Waals surface area (Å²) < 4.78 is 11.6. The molecule has 0 amide bonds. The highest BCUT2D eigenvalue weighted by Crippen LogP contribution is 2.46. The molecule has 0 unspecified atom stereocenters. The predicted octanol–water partition coefficient (Wildman–Crippen LogP) is 4.23. The molecule has 4 heteroatoms. The van der Waals surface area contributed by atoms with E-state index < -0.39 is 5.60 Å². The molecule has 1 saturated heterocycles. The van der Waals surface area contributed by atoms with E-state index in [9.17, 15) is 5.11 Å². The third-order valence-corrected chi connectivity index (χ3v) is 6.17. The molecule has 0 bridgehead atoms. The summed E-state index contributed by atoms with van der Waals surface area (Å²) >= 11 is 0. The van der Waals surface area contributed by atoms with Gasteiger partial charge >= 0.3 is 0 Å². The van der Waals surface area contributed by atoms with Crippen LogP contribution in [0.3, 0.4) is 0 Å². The van der Waals surface area contributed by atoms with E-state index in [0.717, 1.165) is 49.3 Å². The number of methoxy groups -OCH3 is 1. The Bertz CT molecular complexity index is 759. The fourth-order valence-corrected chi connectivity index (χ4v) is 4.71. The van der Waals surface area contributed by atoms with Crippen molar-refractivity contribution in [1.29, 1.82) is 0 Å². The van der Waals surface area contributed by atoms with Gasteiger partial charge in [0.2, 0.25) is 0 Å². The summed E-state index contributed by atoms with van der Waals surface area (Å²) in [5, 5.41) is 14.8. The number of rotatable bonds is 5. The molecule has 144 valence electrons. The van der Waals surface area contributed by atoms with Gasteiger partial charge in [-0.25, -0.2) is 0 Å². The molecule has 0 aromatic heterocycles. The topological polar surface area (TPSA) is 50.7 Å². The average Bonchev–Trinajstić information content (AvgIpc) is 2.72. The second kappa shape index (κ2) is 7.91. The molecule has 2 aliphatic rings. The van der Waals surface area contributed by atoms with E-state index in [1.54, 1.807) is 7.11 Å². The molecule has 2 N–H and O–H groups in total. The summed E-state index contributed by atoms with van der Waals surface area (Å²) in [6.07, 6.45) is 5.17. The molecular formula is C23H29NO3. The SMILES string of the molecule is COc1cc([C@@H]2NCC[C@@]3(O)CCCC[C@@H]23)ccc1OCc1ccccc1. The summed E-state index contributed by atoms with van der Waals surface area (Å²) in [7, 11) is 1.68. The smallest absolute Gasteiger partial charge is 0.161 e. The summed E-state index contributed by atoms with van der Waals surface area (Å²) in [5.74, 6) is 1.76. The van der Waals surface area contributed by atoms with Crippen LogP contribution in [-0.2, 0) is 6.61 Å². The maximum atomic E-state index is 11.1. The third kappa shape index (κ3) is 3.83. The lowest BCUT2D eigenvalue weighted by atomic mass is 9.67. The van der Waals surface area contributed by atoms with Gasteiger partial charge in [0, 0.05) is 12.0 Å². The first-order valence-electron chi connectivity index (χ1n) is 10.00. The van der Waals surface area contributed by atoms with E-state index in [1.165, 1.54) is 12.0 Å². The highest BCUT2D eigenvalue weighted by atomic mass is 16.5.